The molecule has 6 atom stereocenters. The van der Waals surface area contributed by atoms with Crippen LogP contribution < -0.4 is 5.73 Å². The number of Topliss-reactive ketones (excluding diaryl/α,β-unsaturated/α-hetero) is 2. The van der Waals surface area contributed by atoms with Crippen molar-refractivity contribution in [1.29, 1.82) is 0 Å². The van der Waals surface area contributed by atoms with E-state index in [4.69, 9.17) is 5.73 Å². The quantitative estimate of drug-likeness (QED) is 0.317. The van der Waals surface area contributed by atoms with Gasteiger partial charge in [0.05, 0.1) is 23.6 Å². The van der Waals surface area contributed by atoms with Crippen molar-refractivity contribution in [3.63, 3.8) is 0 Å². The third-order valence-electron chi connectivity index (χ3n) is 8.50. The highest BCUT2D eigenvalue weighted by atomic mass is 16.4. The number of aliphatic hydroxyl groups excluding tert-OH is 3. The second-order valence-electron chi connectivity index (χ2n) is 11.9. The van der Waals surface area contributed by atoms with Crippen molar-refractivity contribution in [2.24, 2.45) is 17.6 Å². The largest absolute Gasteiger partial charge is 0.510 e. The Morgan fingerprint density at radius 1 is 1.16 bits per heavy atom. The lowest BCUT2D eigenvalue weighted by Gasteiger charge is -2.53. The van der Waals surface area contributed by atoms with Gasteiger partial charge in [0.25, 0.3) is 5.91 Å². The number of aliphatic hydroxyl groups is 4. The summed E-state index contributed by atoms with van der Waals surface area (Å²) in [6.07, 6.45) is -1.09. The zero-order valence-corrected chi connectivity index (χ0v) is 22.7. The summed E-state index contributed by atoms with van der Waals surface area (Å²) in [7, 11) is 3.01. The van der Waals surface area contributed by atoms with Crippen molar-refractivity contribution in [3.05, 3.63) is 51.0 Å². The number of hydrogen-bond donors (Lipinski definition) is 6. The highest BCUT2D eigenvalue weighted by molar-refractivity contribution is 6.25. The molecule has 206 valence electrons. The van der Waals surface area contributed by atoms with Gasteiger partial charge in [0.2, 0.25) is 5.78 Å². The van der Waals surface area contributed by atoms with Crippen LogP contribution in [0.2, 0.25) is 0 Å². The van der Waals surface area contributed by atoms with Crippen molar-refractivity contribution in [3.8, 4) is 5.75 Å². The normalized spacial score (nSPS) is 31.4. The van der Waals surface area contributed by atoms with Crippen LogP contribution in [0.25, 0.3) is 0 Å². The molecule has 0 aromatic heterocycles. The number of fused-ring (bicyclic) bond motifs is 3. The van der Waals surface area contributed by atoms with Crippen molar-refractivity contribution >= 4 is 17.5 Å². The molecule has 4 rings (SSSR count). The molecule has 0 bridgehead atoms. The average Bonchev–Trinajstić information content (AvgIpc) is 2.80. The van der Waals surface area contributed by atoms with E-state index in [1.807, 2.05) is 33.8 Å². The first-order valence-electron chi connectivity index (χ1n) is 12.7. The maximum atomic E-state index is 14.1. The average molecular weight is 529 g/mol. The molecule has 1 amide bonds. The number of ketones is 2. The Morgan fingerprint density at radius 2 is 1.74 bits per heavy atom. The van der Waals surface area contributed by atoms with Gasteiger partial charge in [0.1, 0.15) is 22.8 Å². The van der Waals surface area contributed by atoms with Crippen LogP contribution in [-0.2, 0) is 21.4 Å². The van der Waals surface area contributed by atoms with Gasteiger partial charge in [0, 0.05) is 17.1 Å². The van der Waals surface area contributed by atoms with Crippen LogP contribution in [-0.4, -0.2) is 79.7 Å². The summed E-state index contributed by atoms with van der Waals surface area (Å²) in [5.74, 6) is -8.79. The lowest BCUT2D eigenvalue weighted by Crippen LogP contribution is -2.68. The van der Waals surface area contributed by atoms with Gasteiger partial charge in [-0.2, -0.15) is 0 Å². The van der Waals surface area contributed by atoms with Crippen LogP contribution in [0, 0.1) is 11.8 Å². The molecule has 0 saturated carbocycles. The van der Waals surface area contributed by atoms with Gasteiger partial charge in [-0.05, 0) is 43.0 Å². The minimum atomic E-state index is -2.92. The Balaban J connectivity index is 2.10. The summed E-state index contributed by atoms with van der Waals surface area (Å²) >= 11 is 0. The number of nitrogens with zero attached hydrogens (tertiary/aromatic N) is 1. The zero-order chi connectivity index (χ0) is 28.8. The Hall–Kier alpha value is -3.21. The second kappa shape index (κ2) is 8.65. The SMILES string of the molecule is CCc1cc(C(C)(C)C)c(O)c2c1C(C)[C@@H]1C(=C(O)[C@]3(O)C(=O)C(C(N)=O)=C(O)[C@@H](N(C)C)[C@@H]3[C@H]1O)C2=O. The Bertz CT molecular complexity index is 1340. The van der Waals surface area contributed by atoms with E-state index in [2.05, 4.69) is 0 Å². The van der Waals surface area contributed by atoms with Gasteiger partial charge in [-0.25, -0.2) is 0 Å². The van der Waals surface area contributed by atoms with Crippen LogP contribution in [0.1, 0.15) is 67.6 Å². The monoisotopic (exact) mass is 528 g/mol. The minimum absolute atomic E-state index is 0.0465. The number of phenols is 1. The summed E-state index contributed by atoms with van der Waals surface area (Å²) in [6.45, 7) is 9.30. The van der Waals surface area contributed by atoms with E-state index in [0.717, 1.165) is 5.56 Å². The predicted octanol–water partition coefficient (Wildman–Crippen LogP) is 1.51. The van der Waals surface area contributed by atoms with Gasteiger partial charge in [-0.1, -0.05) is 40.7 Å². The fourth-order valence-corrected chi connectivity index (χ4v) is 6.74. The summed E-state index contributed by atoms with van der Waals surface area (Å²) < 4.78 is 0. The number of nitrogens with two attached hydrogens (primary N) is 1. The molecule has 38 heavy (non-hydrogen) atoms. The molecule has 1 aromatic rings. The molecule has 0 radical (unpaired) electrons. The molecule has 0 heterocycles. The Labute approximate surface area is 221 Å². The molecule has 1 unspecified atom stereocenters. The first-order chi connectivity index (χ1) is 17.4. The van der Waals surface area contributed by atoms with Crippen LogP contribution >= 0.6 is 0 Å². The highest BCUT2D eigenvalue weighted by Gasteiger charge is 2.67. The fraction of sp³-hybridized carbons (Fsp3) is 0.536. The summed E-state index contributed by atoms with van der Waals surface area (Å²) in [6, 6.07) is 0.559. The molecule has 7 N–H and O–H groups in total. The molecule has 0 fully saturated rings. The van der Waals surface area contributed by atoms with Gasteiger partial charge >= 0.3 is 0 Å². The number of carbonyl (C=O) groups excluding carboxylic acids is 3. The molecular weight excluding hydrogens is 492 g/mol. The Morgan fingerprint density at radius 3 is 2.21 bits per heavy atom. The van der Waals surface area contributed by atoms with Crippen molar-refractivity contribution in [2.75, 3.05) is 14.1 Å². The lowest BCUT2D eigenvalue weighted by atomic mass is 9.54. The van der Waals surface area contributed by atoms with Crippen molar-refractivity contribution < 1.29 is 39.9 Å². The standard InChI is InChI=1S/C28H36N2O8/c1-8-11-9-12(27(3,4)5)20(31)15-13(11)10(2)14-16(21(15)32)24(35)28(38)18(22(14)33)19(30(6)7)23(34)17(25(28)36)26(29)37/h9-10,14,18-19,22,31,33-35,38H,8H2,1-7H3,(H2,29,37)/t10?,14-,18-,19+,22+,28+/m1/s1. The number of phenolic OH excluding ortho intramolecular Hbond substituents is 1. The van der Waals surface area contributed by atoms with E-state index < -0.39 is 81.1 Å². The molecule has 1 aromatic carbocycles. The Kier molecular flexibility index (Phi) is 6.34. The molecule has 0 spiro atoms. The highest BCUT2D eigenvalue weighted by Crippen LogP contribution is 2.56. The van der Waals surface area contributed by atoms with E-state index in [1.54, 1.807) is 6.92 Å². The first kappa shape index (κ1) is 27.8. The van der Waals surface area contributed by atoms with Gasteiger partial charge in [-0.3, -0.25) is 19.3 Å². The summed E-state index contributed by atoms with van der Waals surface area (Å²) in [5.41, 5.74) is 2.36. The predicted molar refractivity (Wildman–Crippen MR) is 138 cm³/mol. The van der Waals surface area contributed by atoms with Crippen molar-refractivity contribution in [1.82, 2.24) is 4.90 Å². The molecule has 10 heteroatoms. The molecule has 0 saturated heterocycles. The summed E-state index contributed by atoms with van der Waals surface area (Å²) in [5, 5.41) is 57.2. The number of carbonyl (C=O) groups is 3. The van der Waals surface area contributed by atoms with Crippen molar-refractivity contribution in [2.45, 2.75) is 70.1 Å². The minimum Gasteiger partial charge on any atom is -0.510 e. The van der Waals surface area contributed by atoms with E-state index in [-0.39, 0.29) is 11.3 Å². The third-order valence-corrected chi connectivity index (χ3v) is 8.50. The van der Waals surface area contributed by atoms with E-state index in [9.17, 15) is 39.9 Å². The number of aromatic hydroxyl groups is 1. The number of hydrogen-bond acceptors (Lipinski definition) is 9. The molecular formula is C28H36N2O8. The number of primary amides is 1. The topological polar surface area (TPSA) is 182 Å². The smallest absolute Gasteiger partial charge is 0.255 e. The molecule has 10 nitrogen and oxygen atoms in total. The number of benzene rings is 1. The van der Waals surface area contributed by atoms with Crippen LogP contribution in [0.15, 0.2) is 28.7 Å². The fourth-order valence-electron chi connectivity index (χ4n) is 6.74. The van der Waals surface area contributed by atoms with Gasteiger partial charge in [-0.15, -0.1) is 0 Å². The number of amides is 1. The number of aryl methyl sites for hydroxylation is 1. The van der Waals surface area contributed by atoms with E-state index in [1.165, 1.54) is 19.0 Å². The molecule has 3 aliphatic rings. The van der Waals surface area contributed by atoms with Gasteiger partial charge in [0.15, 0.2) is 11.4 Å². The molecule has 0 aliphatic heterocycles. The third kappa shape index (κ3) is 3.40. The first-order valence-corrected chi connectivity index (χ1v) is 12.7. The number of rotatable bonds is 3. The van der Waals surface area contributed by atoms with Gasteiger partial charge < -0.3 is 31.3 Å². The van der Waals surface area contributed by atoms with Crippen LogP contribution in [0.5, 0.6) is 5.75 Å². The van der Waals surface area contributed by atoms with Crippen LogP contribution in [0.4, 0.5) is 0 Å². The maximum Gasteiger partial charge on any atom is 0.255 e. The maximum absolute atomic E-state index is 14.1. The molecule has 3 aliphatic carbocycles. The second-order valence-corrected chi connectivity index (χ2v) is 11.9. The lowest BCUT2D eigenvalue weighted by molar-refractivity contribution is -0.162. The zero-order valence-electron chi connectivity index (χ0n) is 22.7. The van der Waals surface area contributed by atoms with E-state index in [0.29, 0.717) is 17.5 Å². The van der Waals surface area contributed by atoms with E-state index >= 15 is 0 Å². The van der Waals surface area contributed by atoms with Crippen LogP contribution in [0.3, 0.4) is 0 Å². The summed E-state index contributed by atoms with van der Waals surface area (Å²) in [4.78, 5) is 41.1. The number of likely N-dealkylation sites (N-methyl/N-ethyl adjacent to an activating group) is 1.